The first-order valence-corrected chi connectivity index (χ1v) is 6.81. The summed E-state index contributed by atoms with van der Waals surface area (Å²) in [5.41, 5.74) is 2.80. The van der Waals surface area contributed by atoms with Crippen molar-refractivity contribution in [3.05, 3.63) is 63.7 Å². The highest BCUT2D eigenvalue weighted by molar-refractivity contribution is 5.55. The van der Waals surface area contributed by atoms with Gasteiger partial charge in [0.25, 0.3) is 5.69 Å². The maximum absolute atomic E-state index is 10.9. The Balaban J connectivity index is 2.27. The number of non-ortho nitro benzene ring substituents is 1. The van der Waals surface area contributed by atoms with Gasteiger partial charge < -0.3 is 10.4 Å². The van der Waals surface area contributed by atoms with E-state index >= 15 is 0 Å². The van der Waals surface area contributed by atoms with Crippen molar-refractivity contribution < 1.29 is 10.0 Å². The van der Waals surface area contributed by atoms with Crippen molar-refractivity contribution in [2.24, 2.45) is 0 Å². The van der Waals surface area contributed by atoms with Crippen LogP contribution in [0.3, 0.4) is 0 Å². The Morgan fingerprint density at radius 2 is 2.05 bits per heavy atom. The van der Waals surface area contributed by atoms with Crippen LogP contribution in [0.2, 0.25) is 0 Å². The Morgan fingerprint density at radius 1 is 1.29 bits per heavy atom. The van der Waals surface area contributed by atoms with Gasteiger partial charge in [0.2, 0.25) is 0 Å². The first-order chi connectivity index (χ1) is 10.0. The number of aryl methyl sites for hydroxylation is 1. The molecule has 5 nitrogen and oxygen atoms in total. The SMILES string of the molecule is CCC(Nc1ccc(O)cc1C)c1cccc([N+](=O)[O-])c1. The highest BCUT2D eigenvalue weighted by Gasteiger charge is 2.14. The summed E-state index contributed by atoms with van der Waals surface area (Å²) in [6, 6.07) is 11.8. The Hall–Kier alpha value is -2.56. The second-order valence-electron chi connectivity index (χ2n) is 4.96. The molecule has 2 rings (SSSR count). The minimum atomic E-state index is -0.387. The van der Waals surface area contributed by atoms with E-state index in [1.807, 2.05) is 26.0 Å². The van der Waals surface area contributed by atoms with E-state index in [0.29, 0.717) is 0 Å². The lowest BCUT2D eigenvalue weighted by molar-refractivity contribution is -0.384. The lowest BCUT2D eigenvalue weighted by Gasteiger charge is -2.20. The number of nitrogens with zero attached hydrogens (tertiary/aromatic N) is 1. The average molecular weight is 286 g/mol. The van der Waals surface area contributed by atoms with Crippen LogP contribution in [-0.4, -0.2) is 10.0 Å². The van der Waals surface area contributed by atoms with Gasteiger partial charge in [0.05, 0.1) is 11.0 Å². The summed E-state index contributed by atoms with van der Waals surface area (Å²) in [6.07, 6.45) is 0.793. The van der Waals surface area contributed by atoms with E-state index in [1.165, 1.54) is 6.07 Å². The molecule has 1 atom stereocenters. The molecular formula is C16H18N2O3. The van der Waals surface area contributed by atoms with Crippen LogP contribution in [0.15, 0.2) is 42.5 Å². The number of aromatic hydroxyl groups is 1. The van der Waals surface area contributed by atoms with Gasteiger partial charge in [-0.05, 0) is 42.7 Å². The van der Waals surface area contributed by atoms with Crippen LogP contribution in [0.25, 0.3) is 0 Å². The predicted octanol–water partition coefficient (Wildman–Crippen LogP) is 4.17. The number of hydrogen-bond donors (Lipinski definition) is 2. The van der Waals surface area contributed by atoms with Crippen molar-refractivity contribution in [2.75, 3.05) is 5.32 Å². The van der Waals surface area contributed by atoms with Gasteiger partial charge >= 0.3 is 0 Å². The smallest absolute Gasteiger partial charge is 0.269 e. The summed E-state index contributed by atoms with van der Waals surface area (Å²) in [4.78, 5) is 10.5. The average Bonchev–Trinajstić information content (AvgIpc) is 2.46. The third-order valence-corrected chi connectivity index (χ3v) is 3.43. The summed E-state index contributed by atoms with van der Waals surface area (Å²) >= 11 is 0. The van der Waals surface area contributed by atoms with Crippen molar-refractivity contribution in [3.8, 4) is 5.75 Å². The van der Waals surface area contributed by atoms with Gasteiger partial charge in [0.15, 0.2) is 0 Å². The van der Waals surface area contributed by atoms with Crippen molar-refractivity contribution >= 4 is 11.4 Å². The maximum atomic E-state index is 10.9. The molecule has 5 heteroatoms. The van der Waals surface area contributed by atoms with Gasteiger partial charge in [-0.3, -0.25) is 10.1 Å². The van der Waals surface area contributed by atoms with Gasteiger partial charge in [-0.25, -0.2) is 0 Å². The molecule has 2 N–H and O–H groups in total. The molecule has 0 spiro atoms. The molecule has 0 aliphatic heterocycles. The lowest BCUT2D eigenvalue weighted by atomic mass is 10.0. The van der Waals surface area contributed by atoms with Crippen LogP contribution in [0, 0.1) is 17.0 Å². The topological polar surface area (TPSA) is 75.4 Å². The number of phenols is 1. The number of anilines is 1. The highest BCUT2D eigenvalue weighted by atomic mass is 16.6. The number of nitro groups is 1. The molecule has 2 aromatic carbocycles. The van der Waals surface area contributed by atoms with E-state index in [9.17, 15) is 15.2 Å². The molecule has 0 saturated carbocycles. The number of hydrogen-bond acceptors (Lipinski definition) is 4. The van der Waals surface area contributed by atoms with Crippen LogP contribution in [0.1, 0.15) is 30.5 Å². The zero-order valence-corrected chi connectivity index (χ0v) is 12.0. The molecule has 110 valence electrons. The molecule has 0 saturated heterocycles. The van der Waals surface area contributed by atoms with Gasteiger partial charge in [-0.15, -0.1) is 0 Å². The number of benzene rings is 2. The van der Waals surface area contributed by atoms with Crippen molar-refractivity contribution in [2.45, 2.75) is 26.3 Å². The molecule has 0 radical (unpaired) electrons. The minimum absolute atomic E-state index is 0.0202. The third-order valence-electron chi connectivity index (χ3n) is 3.43. The molecular weight excluding hydrogens is 268 g/mol. The first-order valence-electron chi connectivity index (χ1n) is 6.81. The predicted molar refractivity (Wildman–Crippen MR) is 82.6 cm³/mol. The summed E-state index contributed by atoms with van der Waals surface area (Å²) in [5.74, 6) is 0.224. The fraction of sp³-hybridized carbons (Fsp3) is 0.250. The van der Waals surface area contributed by atoms with Crippen LogP contribution in [0.4, 0.5) is 11.4 Å². The fourth-order valence-corrected chi connectivity index (χ4v) is 2.27. The van der Waals surface area contributed by atoms with E-state index in [0.717, 1.165) is 23.2 Å². The molecule has 0 amide bonds. The largest absolute Gasteiger partial charge is 0.508 e. The number of nitrogens with one attached hydrogen (secondary N) is 1. The molecule has 0 aliphatic carbocycles. The summed E-state index contributed by atoms with van der Waals surface area (Å²) in [7, 11) is 0. The molecule has 0 heterocycles. The zero-order chi connectivity index (χ0) is 15.4. The van der Waals surface area contributed by atoms with E-state index in [-0.39, 0.29) is 22.4 Å². The summed E-state index contributed by atoms with van der Waals surface area (Å²) in [5, 5.41) is 23.7. The molecule has 0 aromatic heterocycles. The Labute approximate surface area is 123 Å². The first kappa shape index (κ1) is 14.8. The minimum Gasteiger partial charge on any atom is -0.508 e. The summed E-state index contributed by atoms with van der Waals surface area (Å²) < 4.78 is 0. The maximum Gasteiger partial charge on any atom is 0.269 e. The Kier molecular flexibility index (Phi) is 4.42. The summed E-state index contributed by atoms with van der Waals surface area (Å²) in [6.45, 7) is 3.93. The number of nitro benzene ring substituents is 1. The quantitative estimate of drug-likeness (QED) is 0.491. The molecule has 0 fully saturated rings. The zero-order valence-electron chi connectivity index (χ0n) is 12.0. The van der Waals surface area contributed by atoms with Crippen LogP contribution in [0.5, 0.6) is 5.75 Å². The monoisotopic (exact) mass is 286 g/mol. The van der Waals surface area contributed by atoms with Crippen LogP contribution >= 0.6 is 0 Å². The van der Waals surface area contributed by atoms with Crippen molar-refractivity contribution in [1.29, 1.82) is 0 Å². The highest BCUT2D eigenvalue weighted by Crippen LogP contribution is 2.28. The number of phenolic OH excluding ortho intramolecular Hbond substituents is 1. The van der Waals surface area contributed by atoms with Gasteiger partial charge in [0, 0.05) is 17.8 Å². The molecule has 0 bridgehead atoms. The Morgan fingerprint density at radius 3 is 2.67 bits per heavy atom. The molecule has 2 aromatic rings. The van der Waals surface area contributed by atoms with Gasteiger partial charge in [-0.1, -0.05) is 19.1 Å². The van der Waals surface area contributed by atoms with Gasteiger partial charge in [-0.2, -0.15) is 0 Å². The lowest BCUT2D eigenvalue weighted by Crippen LogP contribution is -2.10. The standard InChI is InChI=1S/C16H18N2O3/c1-3-15(12-5-4-6-13(10-12)18(20)21)17-16-8-7-14(19)9-11(16)2/h4-10,15,17,19H,3H2,1-2H3. The van der Waals surface area contributed by atoms with E-state index in [1.54, 1.807) is 24.3 Å². The van der Waals surface area contributed by atoms with Crippen molar-refractivity contribution in [1.82, 2.24) is 0 Å². The second-order valence-corrected chi connectivity index (χ2v) is 4.96. The third kappa shape index (κ3) is 3.51. The van der Waals surface area contributed by atoms with Crippen molar-refractivity contribution in [3.63, 3.8) is 0 Å². The van der Waals surface area contributed by atoms with E-state index < -0.39 is 0 Å². The normalized spacial score (nSPS) is 11.9. The second kappa shape index (κ2) is 6.26. The molecule has 1 unspecified atom stereocenters. The Bertz CT molecular complexity index is 656. The molecule has 0 aliphatic rings. The molecule has 21 heavy (non-hydrogen) atoms. The fourth-order valence-electron chi connectivity index (χ4n) is 2.27. The number of rotatable bonds is 5. The van der Waals surface area contributed by atoms with Crippen LogP contribution < -0.4 is 5.32 Å². The van der Waals surface area contributed by atoms with Crippen LogP contribution in [-0.2, 0) is 0 Å². The van der Waals surface area contributed by atoms with Gasteiger partial charge in [0.1, 0.15) is 5.75 Å². The van der Waals surface area contributed by atoms with E-state index in [4.69, 9.17) is 0 Å². The van der Waals surface area contributed by atoms with E-state index in [2.05, 4.69) is 5.32 Å².